The molecule has 3 aromatic carbocycles. The smallest absolute Gasteiger partial charge is 0.252 e. The number of rotatable bonds is 10. The number of halogens is 1. The number of ether oxygens (including phenoxy) is 1. The van der Waals surface area contributed by atoms with Crippen LogP contribution in [-0.2, 0) is 13.0 Å². The lowest BCUT2D eigenvalue weighted by Gasteiger charge is -2.13. The zero-order chi connectivity index (χ0) is 23.9. The summed E-state index contributed by atoms with van der Waals surface area (Å²) < 4.78 is 8.33. The van der Waals surface area contributed by atoms with E-state index in [1.807, 2.05) is 42.5 Å². The molecule has 0 atom stereocenters. The fourth-order valence-corrected chi connectivity index (χ4v) is 4.26. The van der Waals surface area contributed by atoms with E-state index in [0.717, 1.165) is 48.4 Å². The molecule has 0 aliphatic heterocycles. The monoisotopic (exact) mass is 475 g/mol. The lowest BCUT2D eigenvalue weighted by molar-refractivity contribution is 0.0953. The molecule has 4 aromatic rings. The van der Waals surface area contributed by atoms with Gasteiger partial charge in [-0.25, -0.2) is 4.98 Å². The fraction of sp³-hybridized carbons (Fsp3) is 0.286. The van der Waals surface area contributed by atoms with Crippen molar-refractivity contribution in [3.8, 4) is 5.75 Å². The Hall–Kier alpha value is -3.31. The van der Waals surface area contributed by atoms with Crippen molar-refractivity contribution in [1.82, 2.24) is 14.9 Å². The van der Waals surface area contributed by atoms with Crippen LogP contribution in [0.15, 0.2) is 66.7 Å². The first-order valence-corrected chi connectivity index (χ1v) is 12.1. The molecule has 1 amide bonds. The van der Waals surface area contributed by atoms with E-state index in [0.29, 0.717) is 23.7 Å². The summed E-state index contributed by atoms with van der Waals surface area (Å²) in [5, 5.41) is 3.43. The van der Waals surface area contributed by atoms with E-state index in [-0.39, 0.29) is 5.91 Å². The molecule has 1 aromatic heterocycles. The predicted octanol–water partition coefficient (Wildman–Crippen LogP) is 6.14. The van der Waals surface area contributed by atoms with Gasteiger partial charge in [0.1, 0.15) is 11.6 Å². The van der Waals surface area contributed by atoms with Crippen LogP contribution >= 0.6 is 11.6 Å². The van der Waals surface area contributed by atoms with Crippen molar-refractivity contribution in [2.45, 2.75) is 39.7 Å². The third-order valence-corrected chi connectivity index (χ3v) is 6.38. The molecule has 1 heterocycles. The third kappa shape index (κ3) is 5.60. The quantitative estimate of drug-likeness (QED) is 0.280. The van der Waals surface area contributed by atoms with Gasteiger partial charge >= 0.3 is 0 Å². The van der Waals surface area contributed by atoms with Crippen LogP contribution in [0.3, 0.4) is 0 Å². The minimum Gasteiger partial charge on any atom is -0.493 e. The van der Waals surface area contributed by atoms with E-state index in [9.17, 15) is 4.79 Å². The standard InChI is InChI=1S/C28H30ClN3O2/c1-20-10-7-15-26(21(20)2)34-19-9-18-32-25-14-6-5-13-24(25)31-27(32)16-8-17-30-28(33)22-11-3-4-12-23(22)29/h3-7,10-15H,8-9,16-19H2,1-2H3,(H,30,33). The average molecular weight is 476 g/mol. The third-order valence-electron chi connectivity index (χ3n) is 6.05. The maximum absolute atomic E-state index is 12.4. The Morgan fingerprint density at radius 3 is 2.65 bits per heavy atom. The van der Waals surface area contributed by atoms with Crippen LogP contribution < -0.4 is 10.1 Å². The average Bonchev–Trinajstić information content (AvgIpc) is 3.19. The maximum atomic E-state index is 12.4. The number of fused-ring (bicyclic) bond motifs is 1. The molecule has 4 rings (SSSR count). The van der Waals surface area contributed by atoms with Gasteiger partial charge in [-0.1, -0.05) is 48.0 Å². The van der Waals surface area contributed by atoms with Crippen LogP contribution in [0.4, 0.5) is 0 Å². The molecule has 5 nitrogen and oxygen atoms in total. The minimum atomic E-state index is -0.150. The molecule has 0 unspecified atom stereocenters. The number of carbonyl (C=O) groups excluding carboxylic acids is 1. The summed E-state index contributed by atoms with van der Waals surface area (Å²) in [6.07, 6.45) is 2.44. The van der Waals surface area contributed by atoms with Gasteiger partial charge in [0, 0.05) is 19.5 Å². The second-order valence-corrected chi connectivity index (χ2v) is 8.81. The Kier molecular flexibility index (Phi) is 7.86. The van der Waals surface area contributed by atoms with Gasteiger partial charge in [-0.05, 0) is 68.1 Å². The first-order chi connectivity index (χ1) is 16.5. The van der Waals surface area contributed by atoms with Crippen LogP contribution in [-0.4, -0.2) is 28.6 Å². The number of amides is 1. The predicted molar refractivity (Wildman–Crippen MR) is 138 cm³/mol. The van der Waals surface area contributed by atoms with E-state index in [2.05, 4.69) is 35.9 Å². The molecule has 0 aliphatic rings. The molecule has 0 saturated heterocycles. The number of para-hydroxylation sites is 2. The lowest BCUT2D eigenvalue weighted by Crippen LogP contribution is -2.25. The Balaban J connectivity index is 1.35. The Labute approximate surface area is 205 Å². The number of aromatic nitrogens is 2. The second-order valence-electron chi connectivity index (χ2n) is 8.41. The molecule has 6 heteroatoms. The highest BCUT2D eigenvalue weighted by Gasteiger charge is 2.12. The van der Waals surface area contributed by atoms with Crippen LogP contribution in [0.2, 0.25) is 5.02 Å². The zero-order valence-electron chi connectivity index (χ0n) is 19.7. The van der Waals surface area contributed by atoms with E-state index in [1.54, 1.807) is 12.1 Å². The molecule has 34 heavy (non-hydrogen) atoms. The van der Waals surface area contributed by atoms with Crippen molar-refractivity contribution in [1.29, 1.82) is 0 Å². The van der Waals surface area contributed by atoms with E-state index in [4.69, 9.17) is 21.3 Å². The van der Waals surface area contributed by atoms with Crippen molar-refractivity contribution >= 4 is 28.5 Å². The number of nitrogens with zero attached hydrogens (tertiary/aromatic N) is 2. The van der Waals surface area contributed by atoms with Crippen LogP contribution in [0.5, 0.6) is 5.75 Å². The van der Waals surface area contributed by atoms with Gasteiger partial charge in [-0.15, -0.1) is 0 Å². The number of benzene rings is 3. The number of carbonyl (C=O) groups is 1. The molecule has 0 radical (unpaired) electrons. The number of hydrogen-bond acceptors (Lipinski definition) is 3. The molecule has 0 aliphatic carbocycles. The highest BCUT2D eigenvalue weighted by Crippen LogP contribution is 2.22. The van der Waals surface area contributed by atoms with E-state index < -0.39 is 0 Å². The molecule has 1 N–H and O–H groups in total. The van der Waals surface area contributed by atoms with Crippen molar-refractivity contribution in [3.05, 3.63) is 94.3 Å². The summed E-state index contributed by atoms with van der Waals surface area (Å²) >= 11 is 6.13. The summed E-state index contributed by atoms with van der Waals surface area (Å²) in [7, 11) is 0. The summed E-state index contributed by atoms with van der Waals surface area (Å²) in [4.78, 5) is 17.2. The van der Waals surface area contributed by atoms with Gasteiger partial charge in [0.05, 0.1) is 28.2 Å². The largest absolute Gasteiger partial charge is 0.493 e. The zero-order valence-corrected chi connectivity index (χ0v) is 20.4. The van der Waals surface area contributed by atoms with Gasteiger partial charge in [0.2, 0.25) is 0 Å². The van der Waals surface area contributed by atoms with Crippen molar-refractivity contribution in [2.24, 2.45) is 0 Å². The van der Waals surface area contributed by atoms with Gasteiger partial charge in [-0.2, -0.15) is 0 Å². The summed E-state index contributed by atoms with van der Waals surface area (Å²) in [5.41, 5.74) is 5.05. The SMILES string of the molecule is Cc1cccc(OCCCn2c(CCCNC(=O)c3ccccc3Cl)nc3ccccc32)c1C. The number of aryl methyl sites for hydroxylation is 3. The molecule has 0 bridgehead atoms. The van der Waals surface area contributed by atoms with Crippen LogP contribution in [0.1, 0.15) is 40.2 Å². The Morgan fingerprint density at radius 1 is 1.00 bits per heavy atom. The Bertz CT molecular complexity index is 1280. The summed E-state index contributed by atoms with van der Waals surface area (Å²) in [6, 6.07) is 21.4. The molecule has 0 fully saturated rings. The number of imidazole rings is 1. The van der Waals surface area contributed by atoms with Crippen LogP contribution in [0, 0.1) is 13.8 Å². The number of nitrogens with one attached hydrogen (secondary N) is 1. The second kappa shape index (κ2) is 11.2. The van der Waals surface area contributed by atoms with Gasteiger partial charge in [-0.3, -0.25) is 4.79 Å². The van der Waals surface area contributed by atoms with Gasteiger partial charge < -0.3 is 14.6 Å². The van der Waals surface area contributed by atoms with Crippen molar-refractivity contribution in [2.75, 3.05) is 13.2 Å². The molecule has 176 valence electrons. The highest BCUT2D eigenvalue weighted by atomic mass is 35.5. The molecular formula is C28H30ClN3O2. The molecule has 0 saturated carbocycles. The Morgan fingerprint density at radius 2 is 1.79 bits per heavy atom. The fourth-order valence-electron chi connectivity index (χ4n) is 4.04. The normalized spacial score (nSPS) is 11.0. The van der Waals surface area contributed by atoms with Gasteiger partial charge in [0.15, 0.2) is 0 Å². The molecule has 0 spiro atoms. The number of hydrogen-bond donors (Lipinski definition) is 1. The first-order valence-electron chi connectivity index (χ1n) is 11.7. The topological polar surface area (TPSA) is 56.1 Å². The van der Waals surface area contributed by atoms with Gasteiger partial charge in [0.25, 0.3) is 5.91 Å². The van der Waals surface area contributed by atoms with E-state index in [1.165, 1.54) is 11.1 Å². The minimum absolute atomic E-state index is 0.150. The lowest BCUT2D eigenvalue weighted by atomic mass is 10.1. The molecular weight excluding hydrogens is 446 g/mol. The van der Waals surface area contributed by atoms with Crippen molar-refractivity contribution < 1.29 is 9.53 Å². The van der Waals surface area contributed by atoms with Crippen molar-refractivity contribution in [3.63, 3.8) is 0 Å². The first kappa shape index (κ1) is 23.8. The summed E-state index contributed by atoms with van der Waals surface area (Å²) in [6.45, 7) is 6.22. The summed E-state index contributed by atoms with van der Waals surface area (Å²) in [5.74, 6) is 1.83. The van der Waals surface area contributed by atoms with E-state index >= 15 is 0 Å². The highest BCUT2D eigenvalue weighted by molar-refractivity contribution is 6.33. The van der Waals surface area contributed by atoms with Crippen LogP contribution in [0.25, 0.3) is 11.0 Å². The maximum Gasteiger partial charge on any atom is 0.252 e.